The fourth-order valence-corrected chi connectivity index (χ4v) is 1.05. The molecule has 0 aliphatic carbocycles. The van der Waals surface area contributed by atoms with Crippen molar-refractivity contribution in [3.63, 3.8) is 0 Å². The highest BCUT2D eigenvalue weighted by molar-refractivity contribution is 4.59. The molecule has 0 aromatic carbocycles. The summed E-state index contributed by atoms with van der Waals surface area (Å²) in [6.45, 7) is 15.1. The Labute approximate surface area is 100 Å². The third kappa shape index (κ3) is 13.9. The van der Waals surface area contributed by atoms with E-state index in [1.165, 1.54) is 0 Å². The Kier molecular flexibility index (Phi) is 7.20. The fraction of sp³-hybridized carbons (Fsp3) is 1.00. The van der Waals surface area contributed by atoms with Crippen LogP contribution in [0.25, 0.3) is 0 Å². The van der Waals surface area contributed by atoms with Gasteiger partial charge in [-0.05, 0) is 48.0 Å². The van der Waals surface area contributed by atoms with E-state index in [1.807, 2.05) is 20.8 Å². The van der Waals surface area contributed by atoms with Gasteiger partial charge in [-0.1, -0.05) is 0 Å². The van der Waals surface area contributed by atoms with Gasteiger partial charge in [-0.15, -0.1) is 0 Å². The summed E-state index contributed by atoms with van der Waals surface area (Å²) in [5, 5.41) is 0. The van der Waals surface area contributed by atoms with Gasteiger partial charge in [0, 0.05) is 13.2 Å². The summed E-state index contributed by atoms with van der Waals surface area (Å²) in [4.78, 5) is 0. The Balaban J connectivity index is 3.17. The highest BCUT2D eigenvalue weighted by Gasteiger charge is 2.10. The van der Waals surface area contributed by atoms with Gasteiger partial charge in [0.05, 0.1) is 24.4 Å². The first kappa shape index (κ1) is 15.9. The van der Waals surface area contributed by atoms with Crippen molar-refractivity contribution in [1.82, 2.24) is 0 Å². The molecule has 0 rings (SSSR count). The van der Waals surface area contributed by atoms with Gasteiger partial charge in [-0.3, -0.25) is 0 Å². The van der Waals surface area contributed by atoms with Gasteiger partial charge < -0.3 is 14.2 Å². The van der Waals surface area contributed by atoms with Crippen molar-refractivity contribution >= 4 is 0 Å². The third-order valence-corrected chi connectivity index (χ3v) is 1.73. The molecule has 0 saturated carbocycles. The van der Waals surface area contributed by atoms with Crippen LogP contribution in [-0.4, -0.2) is 37.6 Å². The Bertz CT molecular complexity index is 145. The SMILES string of the molecule is CC(C)(C)OCCCOCCOC(C)(C)C. The summed E-state index contributed by atoms with van der Waals surface area (Å²) in [7, 11) is 0. The maximum absolute atomic E-state index is 5.58. The van der Waals surface area contributed by atoms with E-state index in [1.54, 1.807) is 0 Å². The van der Waals surface area contributed by atoms with Gasteiger partial charge in [-0.2, -0.15) is 0 Å². The summed E-state index contributed by atoms with van der Waals surface area (Å²) in [6, 6.07) is 0. The lowest BCUT2D eigenvalue weighted by molar-refractivity contribution is -0.0436. The van der Waals surface area contributed by atoms with Crippen LogP contribution in [0.5, 0.6) is 0 Å². The molecule has 0 saturated heterocycles. The molecule has 0 aromatic heterocycles. The lowest BCUT2D eigenvalue weighted by Crippen LogP contribution is -2.22. The third-order valence-electron chi connectivity index (χ3n) is 1.73. The van der Waals surface area contributed by atoms with Gasteiger partial charge in [0.25, 0.3) is 0 Å². The molecular formula is C13H28O3. The van der Waals surface area contributed by atoms with Crippen LogP contribution in [0.1, 0.15) is 48.0 Å². The molecule has 0 heterocycles. The second kappa shape index (κ2) is 7.25. The molecule has 16 heavy (non-hydrogen) atoms. The molecule has 0 atom stereocenters. The predicted octanol–water partition coefficient (Wildman–Crippen LogP) is 3.02. The van der Waals surface area contributed by atoms with Crippen molar-refractivity contribution in [1.29, 1.82) is 0 Å². The van der Waals surface area contributed by atoms with Gasteiger partial charge in [-0.25, -0.2) is 0 Å². The van der Waals surface area contributed by atoms with Crippen LogP contribution < -0.4 is 0 Å². The van der Waals surface area contributed by atoms with Crippen molar-refractivity contribution in [3.05, 3.63) is 0 Å². The summed E-state index contributed by atoms with van der Waals surface area (Å²) >= 11 is 0. The largest absolute Gasteiger partial charge is 0.379 e. The summed E-state index contributed by atoms with van der Waals surface area (Å²) in [5.41, 5.74) is -0.117. The van der Waals surface area contributed by atoms with Crippen LogP contribution in [0.2, 0.25) is 0 Å². The van der Waals surface area contributed by atoms with Crippen LogP contribution in [0.4, 0.5) is 0 Å². The Morgan fingerprint density at radius 2 is 1.12 bits per heavy atom. The summed E-state index contributed by atoms with van der Waals surface area (Å²) < 4.78 is 16.6. The van der Waals surface area contributed by atoms with Crippen LogP contribution in [-0.2, 0) is 14.2 Å². The maximum Gasteiger partial charge on any atom is 0.0707 e. The minimum atomic E-state index is -0.0707. The zero-order chi connectivity index (χ0) is 12.7. The maximum atomic E-state index is 5.58. The minimum absolute atomic E-state index is 0.0463. The molecule has 0 N–H and O–H groups in total. The second-order valence-electron chi connectivity index (χ2n) is 5.89. The molecular weight excluding hydrogens is 204 g/mol. The normalized spacial score (nSPS) is 13.1. The first-order valence-electron chi connectivity index (χ1n) is 6.06. The molecule has 0 unspecified atom stereocenters. The number of hydrogen-bond acceptors (Lipinski definition) is 3. The second-order valence-corrected chi connectivity index (χ2v) is 5.89. The fourth-order valence-electron chi connectivity index (χ4n) is 1.05. The van der Waals surface area contributed by atoms with E-state index in [0.29, 0.717) is 13.2 Å². The number of rotatable bonds is 7. The first-order valence-corrected chi connectivity index (χ1v) is 6.06. The minimum Gasteiger partial charge on any atom is -0.379 e. The van der Waals surface area contributed by atoms with Crippen molar-refractivity contribution < 1.29 is 14.2 Å². The molecule has 0 radical (unpaired) electrons. The highest BCUT2D eigenvalue weighted by atomic mass is 16.5. The molecule has 0 fully saturated rings. The van der Waals surface area contributed by atoms with Crippen molar-refractivity contribution in [2.24, 2.45) is 0 Å². The Morgan fingerprint density at radius 3 is 1.62 bits per heavy atom. The molecule has 0 amide bonds. The monoisotopic (exact) mass is 232 g/mol. The van der Waals surface area contributed by atoms with Crippen LogP contribution in [0.3, 0.4) is 0 Å². The molecule has 0 aromatic rings. The quantitative estimate of drug-likeness (QED) is 0.631. The average molecular weight is 232 g/mol. The predicted molar refractivity (Wildman–Crippen MR) is 66.8 cm³/mol. The lowest BCUT2D eigenvalue weighted by atomic mass is 10.2. The molecule has 3 heteroatoms. The molecule has 0 aliphatic rings. The van der Waals surface area contributed by atoms with Crippen LogP contribution >= 0.6 is 0 Å². The van der Waals surface area contributed by atoms with Crippen LogP contribution in [0.15, 0.2) is 0 Å². The Morgan fingerprint density at radius 1 is 0.625 bits per heavy atom. The Hall–Kier alpha value is -0.120. The summed E-state index contributed by atoms with van der Waals surface area (Å²) in [6.07, 6.45) is 0.937. The number of ether oxygens (including phenoxy) is 3. The van der Waals surface area contributed by atoms with Crippen molar-refractivity contribution in [2.75, 3.05) is 26.4 Å². The molecule has 98 valence electrons. The smallest absolute Gasteiger partial charge is 0.0707 e. The topological polar surface area (TPSA) is 27.7 Å². The zero-order valence-corrected chi connectivity index (χ0v) is 11.8. The first-order chi connectivity index (χ1) is 7.21. The van der Waals surface area contributed by atoms with E-state index in [2.05, 4.69) is 20.8 Å². The van der Waals surface area contributed by atoms with Gasteiger partial charge in [0.15, 0.2) is 0 Å². The van der Waals surface area contributed by atoms with E-state index in [4.69, 9.17) is 14.2 Å². The van der Waals surface area contributed by atoms with Gasteiger partial charge in [0.1, 0.15) is 0 Å². The average Bonchev–Trinajstić information content (AvgIpc) is 2.06. The standard InChI is InChI=1S/C13H28O3/c1-12(2,3)15-9-7-8-14-10-11-16-13(4,5)6/h7-11H2,1-6H3. The zero-order valence-electron chi connectivity index (χ0n) is 11.8. The highest BCUT2D eigenvalue weighted by Crippen LogP contribution is 2.07. The van der Waals surface area contributed by atoms with E-state index >= 15 is 0 Å². The lowest BCUT2D eigenvalue weighted by Gasteiger charge is -2.20. The van der Waals surface area contributed by atoms with E-state index in [-0.39, 0.29) is 11.2 Å². The van der Waals surface area contributed by atoms with Crippen molar-refractivity contribution in [2.45, 2.75) is 59.2 Å². The van der Waals surface area contributed by atoms with Crippen LogP contribution in [0, 0.1) is 0 Å². The van der Waals surface area contributed by atoms with E-state index in [9.17, 15) is 0 Å². The number of hydrogen-bond donors (Lipinski definition) is 0. The van der Waals surface area contributed by atoms with Crippen molar-refractivity contribution in [3.8, 4) is 0 Å². The molecule has 0 aliphatic heterocycles. The van der Waals surface area contributed by atoms with Gasteiger partial charge >= 0.3 is 0 Å². The van der Waals surface area contributed by atoms with Gasteiger partial charge in [0.2, 0.25) is 0 Å². The summed E-state index contributed by atoms with van der Waals surface area (Å²) in [5.74, 6) is 0. The molecule has 3 nitrogen and oxygen atoms in total. The molecule has 0 spiro atoms. The molecule has 0 bridgehead atoms. The van der Waals surface area contributed by atoms with E-state index < -0.39 is 0 Å². The van der Waals surface area contributed by atoms with E-state index in [0.717, 1.165) is 19.6 Å².